The molecule has 1 atom stereocenters. The summed E-state index contributed by atoms with van der Waals surface area (Å²) in [6, 6.07) is 12.5. The normalized spacial score (nSPS) is 15.5. The summed E-state index contributed by atoms with van der Waals surface area (Å²) in [7, 11) is 0. The first-order chi connectivity index (χ1) is 13.0. The van der Waals surface area contributed by atoms with Crippen molar-refractivity contribution in [2.45, 2.75) is 26.4 Å². The summed E-state index contributed by atoms with van der Waals surface area (Å²) in [5.41, 5.74) is 2.07. The van der Waals surface area contributed by atoms with Crippen molar-refractivity contribution in [1.29, 1.82) is 5.26 Å². The maximum absolute atomic E-state index is 12.5. The lowest BCUT2D eigenvalue weighted by Gasteiger charge is -2.11. The third kappa shape index (κ3) is 4.24. The van der Waals surface area contributed by atoms with E-state index in [-0.39, 0.29) is 11.7 Å². The SMILES string of the molecule is CCOc1cc2c(cc1/C=C(\C#N)C(=O)Nc1ccccc1Cl)O[C@H](C)C2. The zero-order valence-electron chi connectivity index (χ0n) is 15.1. The molecule has 2 aromatic rings. The van der Waals surface area contributed by atoms with Crippen LogP contribution in [0.2, 0.25) is 5.02 Å². The highest BCUT2D eigenvalue weighted by Crippen LogP contribution is 2.36. The fourth-order valence-electron chi connectivity index (χ4n) is 2.90. The Bertz CT molecular complexity index is 947. The smallest absolute Gasteiger partial charge is 0.266 e. The second-order valence-corrected chi connectivity index (χ2v) is 6.57. The number of ether oxygens (including phenoxy) is 2. The van der Waals surface area contributed by atoms with E-state index in [2.05, 4.69) is 5.32 Å². The Morgan fingerprint density at radius 2 is 2.22 bits per heavy atom. The number of para-hydroxylation sites is 1. The van der Waals surface area contributed by atoms with Crippen LogP contribution in [0, 0.1) is 11.3 Å². The maximum Gasteiger partial charge on any atom is 0.266 e. The van der Waals surface area contributed by atoms with Crippen molar-refractivity contribution in [1.82, 2.24) is 0 Å². The van der Waals surface area contributed by atoms with Gasteiger partial charge in [0.1, 0.15) is 29.2 Å². The molecule has 1 aliphatic heterocycles. The standard InChI is InChI=1S/C21H19ClN2O3/c1-3-26-19-10-14-8-13(2)27-20(14)11-15(19)9-16(12-23)21(25)24-18-7-5-4-6-17(18)22/h4-7,9-11,13H,3,8H2,1-2H3,(H,24,25)/b16-9+/t13-/m1/s1. The number of rotatable bonds is 5. The van der Waals surface area contributed by atoms with E-state index in [9.17, 15) is 10.1 Å². The summed E-state index contributed by atoms with van der Waals surface area (Å²) >= 11 is 6.07. The largest absolute Gasteiger partial charge is 0.493 e. The molecule has 6 heteroatoms. The van der Waals surface area contributed by atoms with Crippen LogP contribution < -0.4 is 14.8 Å². The van der Waals surface area contributed by atoms with Crippen LogP contribution in [0.1, 0.15) is 25.0 Å². The highest BCUT2D eigenvalue weighted by molar-refractivity contribution is 6.34. The van der Waals surface area contributed by atoms with Gasteiger partial charge < -0.3 is 14.8 Å². The molecule has 1 N–H and O–H groups in total. The third-order valence-electron chi connectivity index (χ3n) is 4.12. The summed E-state index contributed by atoms with van der Waals surface area (Å²) in [5.74, 6) is 0.830. The number of hydrogen-bond donors (Lipinski definition) is 1. The Morgan fingerprint density at radius 1 is 1.44 bits per heavy atom. The number of anilines is 1. The molecule has 3 rings (SSSR count). The summed E-state index contributed by atoms with van der Waals surface area (Å²) < 4.78 is 11.5. The van der Waals surface area contributed by atoms with Crippen LogP contribution in [-0.4, -0.2) is 18.6 Å². The van der Waals surface area contributed by atoms with Gasteiger partial charge in [-0.05, 0) is 44.2 Å². The lowest BCUT2D eigenvalue weighted by Crippen LogP contribution is -2.13. The third-order valence-corrected chi connectivity index (χ3v) is 4.44. The lowest BCUT2D eigenvalue weighted by atomic mass is 10.0. The van der Waals surface area contributed by atoms with E-state index in [0.29, 0.717) is 28.6 Å². The quantitative estimate of drug-likeness (QED) is 0.605. The minimum atomic E-state index is -0.539. The molecular weight excluding hydrogens is 364 g/mol. The Morgan fingerprint density at radius 3 is 2.93 bits per heavy atom. The minimum Gasteiger partial charge on any atom is -0.493 e. The van der Waals surface area contributed by atoms with E-state index in [1.54, 1.807) is 24.3 Å². The fraction of sp³-hybridized carbons (Fsp3) is 0.238. The van der Waals surface area contributed by atoms with Gasteiger partial charge in [0.25, 0.3) is 5.91 Å². The predicted molar refractivity (Wildman–Crippen MR) is 105 cm³/mol. The molecule has 1 amide bonds. The molecule has 0 unspecified atom stereocenters. The molecule has 0 bridgehead atoms. The molecule has 5 nitrogen and oxygen atoms in total. The van der Waals surface area contributed by atoms with Crippen LogP contribution in [0.3, 0.4) is 0 Å². The Kier molecular flexibility index (Phi) is 5.68. The van der Waals surface area contributed by atoms with Crippen LogP contribution in [0.25, 0.3) is 6.08 Å². The van der Waals surface area contributed by atoms with E-state index < -0.39 is 5.91 Å². The molecule has 0 radical (unpaired) electrons. The summed E-state index contributed by atoms with van der Waals surface area (Å²) in [5, 5.41) is 12.5. The number of benzene rings is 2. The van der Waals surface area contributed by atoms with Gasteiger partial charge in [0.2, 0.25) is 0 Å². The van der Waals surface area contributed by atoms with Crippen LogP contribution in [-0.2, 0) is 11.2 Å². The number of fused-ring (bicyclic) bond motifs is 1. The number of nitrogens with zero attached hydrogens (tertiary/aromatic N) is 1. The molecular formula is C21H19ClN2O3. The Hall–Kier alpha value is -2.97. The van der Waals surface area contributed by atoms with Gasteiger partial charge in [-0.25, -0.2) is 0 Å². The molecule has 1 aliphatic rings. The minimum absolute atomic E-state index is 0.0538. The van der Waals surface area contributed by atoms with Gasteiger partial charge in [-0.1, -0.05) is 23.7 Å². The molecule has 0 saturated carbocycles. The predicted octanol–water partition coefficient (Wildman–Crippen LogP) is 4.61. The van der Waals surface area contributed by atoms with Crippen molar-refractivity contribution in [2.75, 3.05) is 11.9 Å². The monoisotopic (exact) mass is 382 g/mol. The van der Waals surface area contributed by atoms with Crippen molar-refractivity contribution in [3.63, 3.8) is 0 Å². The summed E-state index contributed by atoms with van der Waals surface area (Å²) in [4.78, 5) is 12.5. The molecule has 0 fully saturated rings. The van der Waals surface area contributed by atoms with Gasteiger partial charge in [0.15, 0.2) is 0 Å². The molecule has 27 heavy (non-hydrogen) atoms. The number of amides is 1. The number of carbonyl (C=O) groups excluding carboxylic acids is 1. The van der Waals surface area contributed by atoms with Crippen LogP contribution in [0.4, 0.5) is 5.69 Å². The molecule has 0 spiro atoms. The molecule has 0 aromatic heterocycles. The molecule has 0 saturated heterocycles. The zero-order valence-corrected chi connectivity index (χ0v) is 15.8. The van der Waals surface area contributed by atoms with Gasteiger partial charge in [0.05, 0.1) is 17.3 Å². The first-order valence-electron chi connectivity index (χ1n) is 8.65. The topological polar surface area (TPSA) is 71.3 Å². The van der Waals surface area contributed by atoms with Crippen LogP contribution >= 0.6 is 11.6 Å². The van der Waals surface area contributed by atoms with Crippen molar-refractivity contribution in [3.8, 4) is 17.6 Å². The number of carbonyl (C=O) groups is 1. The van der Waals surface area contributed by atoms with Crippen molar-refractivity contribution in [2.24, 2.45) is 0 Å². The highest BCUT2D eigenvalue weighted by atomic mass is 35.5. The maximum atomic E-state index is 12.5. The summed E-state index contributed by atoms with van der Waals surface area (Å²) in [6.07, 6.45) is 2.40. The van der Waals surface area contributed by atoms with Crippen LogP contribution in [0.15, 0.2) is 42.0 Å². The van der Waals surface area contributed by atoms with Gasteiger partial charge in [-0.3, -0.25) is 4.79 Å². The van der Waals surface area contributed by atoms with E-state index in [1.165, 1.54) is 6.08 Å². The van der Waals surface area contributed by atoms with Gasteiger partial charge in [-0.15, -0.1) is 0 Å². The number of nitriles is 1. The highest BCUT2D eigenvalue weighted by Gasteiger charge is 2.22. The number of nitrogens with one attached hydrogen (secondary N) is 1. The molecule has 1 heterocycles. The van der Waals surface area contributed by atoms with Crippen molar-refractivity contribution < 1.29 is 14.3 Å². The van der Waals surface area contributed by atoms with Crippen molar-refractivity contribution >= 4 is 29.3 Å². The molecule has 138 valence electrons. The van der Waals surface area contributed by atoms with Gasteiger partial charge in [-0.2, -0.15) is 5.26 Å². The van der Waals surface area contributed by atoms with Gasteiger partial charge in [0, 0.05) is 17.5 Å². The first-order valence-corrected chi connectivity index (χ1v) is 9.03. The zero-order chi connectivity index (χ0) is 19.4. The van der Waals surface area contributed by atoms with Crippen molar-refractivity contribution in [3.05, 3.63) is 58.1 Å². The fourth-order valence-corrected chi connectivity index (χ4v) is 3.09. The lowest BCUT2D eigenvalue weighted by molar-refractivity contribution is -0.112. The van der Waals surface area contributed by atoms with E-state index >= 15 is 0 Å². The van der Waals surface area contributed by atoms with E-state index in [1.807, 2.05) is 32.0 Å². The van der Waals surface area contributed by atoms with E-state index in [0.717, 1.165) is 17.7 Å². The number of hydrogen-bond acceptors (Lipinski definition) is 4. The van der Waals surface area contributed by atoms with Gasteiger partial charge >= 0.3 is 0 Å². The Balaban J connectivity index is 1.93. The molecule has 0 aliphatic carbocycles. The van der Waals surface area contributed by atoms with E-state index in [4.69, 9.17) is 21.1 Å². The molecule has 2 aromatic carbocycles. The number of halogens is 1. The average molecular weight is 383 g/mol. The average Bonchev–Trinajstić information content (AvgIpc) is 3.00. The first kappa shape index (κ1) is 18.8. The Labute approximate surface area is 163 Å². The second kappa shape index (κ2) is 8.15. The summed E-state index contributed by atoms with van der Waals surface area (Å²) in [6.45, 7) is 4.35. The second-order valence-electron chi connectivity index (χ2n) is 6.17. The van der Waals surface area contributed by atoms with Crippen LogP contribution in [0.5, 0.6) is 11.5 Å².